The molecule has 1 atom stereocenters. The molecule has 1 aromatic carbocycles. The molecule has 0 spiro atoms. The molecule has 0 radical (unpaired) electrons. The van der Waals surface area contributed by atoms with Crippen LogP contribution >= 0.6 is 0 Å². The zero-order chi connectivity index (χ0) is 17.8. The molecule has 6 heteroatoms. The lowest BCUT2D eigenvalue weighted by molar-refractivity contribution is -0.150. The summed E-state index contributed by atoms with van der Waals surface area (Å²) in [6.07, 6.45) is 1.80. The molecule has 1 fully saturated rings. The molecular weight excluding hydrogens is 323 g/mol. The lowest BCUT2D eigenvalue weighted by atomic mass is 9.98. The molecule has 1 saturated heterocycles. The molecule has 1 aliphatic heterocycles. The minimum atomic E-state index is -0.351. The minimum Gasteiger partial charge on any atom is -0.466 e. The summed E-state index contributed by atoms with van der Waals surface area (Å²) in [5.41, 5.74) is 1.14. The van der Waals surface area contributed by atoms with E-state index < -0.39 is 0 Å². The number of carbonyl (C=O) groups excluding carboxylic acids is 1. The van der Waals surface area contributed by atoms with Crippen molar-refractivity contribution in [1.29, 1.82) is 0 Å². The maximum absolute atomic E-state index is 13.9. The first-order valence-electron chi connectivity index (χ1n) is 8.68. The highest BCUT2D eigenvalue weighted by Crippen LogP contribution is 2.26. The van der Waals surface area contributed by atoms with E-state index >= 15 is 0 Å². The van der Waals surface area contributed by atoms with Crippen molar-refractivity contribution in [2.24, 2.45) is 5.92 Å². The van der Waals surface area contributed by atoms with Crippen molar-refractivity contribution in [3.05, 3.63) is 41.5 Å². The molecule has 0 N–H and O–H groups in total. The van der Waals surface area contributed by atoms with Crippen molar-refractivity contribution >= 4 is 5.97 Å². The summed E-state index contributed by atoms with van der Waals surface area (Å²) in [4.78, 5) is 18.6. The van der Waals surface area contributed by atoms with Gasteiger partial charge in [0.2, 0.25) is 5.89 Å². The Balaban J connectivity index is 1.71. The van der Waals surface area contributed by atoms with Crippen LogP contribution in [-0.2, 0) is 16.1 Å². The normalized spacial score (nSPS) is 18.3. The summed E-state index contributed by atoms with van der Waals surface area (Å²) >= 11 is 0. The van der Waals surface area contributed by atoms with Gasteiger partial charge in [0.05, 0.1) is 23.8 Å². The van der Waals surface area contributed by atoms with Crippen molar-refractivity contribution in [2.75, 3.05) is 19.7 Å². The van der Waals surface area contributed by atoms with E-state index in [0.717, 1.165) is 25.1 Å². The number of likely N-dealkylation sites (tertiary alicyclic amines) is 1. The molecule has 0 aliphatic carbocycles. The highest BCUT2D eigenvalue weighted by atomic mass is 19.1. The molecule has 134 valence electrons. The molecule has 0 bridgehead atoms. The highest BCUT2D eigenvalue weighted by molar-refractivity contribution is 5.72. The predicted molar refractivity (Wildman–Crippen MR) is 91.3 cm³/mol. The molecule has 1 unspecified atom stereocenters. The number of nitrogens with zero attached hydrogens (tertiary/aromatic N) is 2. The Morgan fingerprint density at radius 2 is 2.24 bits per heavy atom. The molecule has 1 aromatic heterocycles. The number of esters is 1. The fourth-order valence-corrected chi connectivity index (χ4v) is 3.19. The van der Waals surface area contributed by atoms with E-state index in [2.05, 4.69) is 9.88 Å². The van der Waals surface area contributed by atoms with Crippen molar-refractivity contribution in [2.45, 2.75) is 33.2 Å². The van der Waals surface area contributed by atoms with Crippen LogP contribution in [0.1, 0.15) is 31.2 Å². The number of oxazole rings is 1. The third-order valence-electron chi connectivity index (χ3n) is 4.50. The average Bonchev–Trinajstić information content (AvgIpc) is 2.96. The maximum Gasteiger partial charge on any atom is 0.310 e. The largest absolute Gasteiger partial charge is 0.466 e. The van der Waals surface area contributed by atoms with Crippen LogP contribution in [0, 0.1) is 18.7 Å². The lowest BCUT2D eigenvalue weighted by Crippen LogP contribution is -2.39. The predicted octanol–water partition coefficient (Wildman–Crippen LogP) is 3.56. The molecular formula is C19H23FN2O3. The average molecular weight is 346 g/mol. The van der Waals surface area contributed by atoms with Gasteiger partial charge in [0.1, 0.15) is 11.6 Å². The first-order chi connectivity index (χ1) is 12.1. The Labute approximate surface area is 146 Å². The molecule has 2 heterocycles. The maximum atomic E-state index is 13.9. The summed E-state index contributed by atoms with van der Waals surface area (Å²) in [6.45, 7) is 6.20. The second kappa shape index (κ2) is 7.78. The van der Waals surface area contributed by atoms with Gasteiger partial charge < -0.3 is 9.15 Å². The second-order valence-corrected chi connectivity index (χ2v) is 6.33. The fourth-order valence-electron chi connectivity index (χ4n) is 3.19. The van der Waals surface area contributed by atoms with Gasteiger partial charge in [-0.05, 0) is 45.4 Å². The summed E-state index contributed by atoms with van der Waals surface area (Å²) in [7, 11) is 0. The number of hydrogen-bond donors (Lipinski definition) is 0. The quantitative estimate of drug-likeness (QED) is 0.775. The van der Waals surface area contributed by atoms with Crippen LogP contribution in [0.5, 0.6) is 0 Å². The topological polar surface area (TPSA) is 55.6 Å². The molecule has 0 amide bonds. The molecule has 0 saturated carbocycles. The number of aryl methyl sites for hydroxylation is 1. The number of piperidine rings is 1. The van der Waals surface area contributed by atoms with E-state index in [-0.39, 0.29) is 17.7 Å². The van der Waals surface area contributed by atoms with Gasteiger partial charge >= 0.3 is 5.97 Å². The smallest absolute Gasteiger partial charge is 0.310 e. The highest BCUT2D eigenvalue weighted by Gasteiger charge is 2.28. The van der Waals surface area contributed by atoms with E-state index in [1.54, 1.807) is 18.2 Å². The lowest BCUT2D eigenvalue weighted by Gasteiger charge is -2.30. The van der Waals surface area contributed by atoms with E-state index in [1.165, 1.54) is 6.07 Å². The van der Waals surface area contributed by atoms with Crippen LogP contribution in [0.15, 0.2) is 28.7 Å². The zero-order valence-electron chi connectivity index (χ0n) is 14.6. The number of ether oxygens (including phenoxy) is 1. The number of rotatable bonds is 5. The van der Waals surface area contributed by atoms with Crippen LogP contribution < -0.4 is 0 Å². The Bertz CT molecular complexity index is 744. The molecule has 1 aliphatic rings. The fraction of sp³-hybridized carbons (Fsp3) is 0.474. The van der Waals surface area contributed by atoms with Gasteiger partial charge in [0.25, 0.3) is 0 Å². The number of halogens is 1. The van der Waals surface area contributed by atoms with Crippen LogP contribution in [0.3, 0.4) is 0 Å². The molecule has 5 nitrogen and oxygen atoms in total. The standard InChI is InChI=1S/C19H23FN2O3/c1-3-24-19(23)14-7-6-10-22(11-14)12-17-13(2)25-18(21-17)15-8-4-5-9-16(15)20/h4-5,8-9,14H,3,6-7,10-12H2,1-2H3. The summed E-state index contributed by atoms with van der Waals surface area (Å²) in [5, 5.41) is 0. The Morgan fingerprint density at radius 1 is 1.44 bits per heavy atom. The first-order valence-corrected chi connectivity index (χ1v) is 8.68. The third-order valence-corrected chi connectivity index (χ3v) is 4.50. The van der Waals surface area contributed by atoms with Gasteiger partial charge in [0.15, 0.2) is 0 Å². The Morgan fingerprint density at radius 3 is 3.00 bits per heavy atom. The number of benzene rings is 1. The van der Waals surface area contributed by atoms with Crippen molar-refractivity contribution in [3.8, 4) is 11.5 Å². The monoisotopic (exact) mass is 346 g/mol. The van der Waals surface area contributed by atoms with Crippen molar-refractivity contribution in [3.63, 3.8) is 0 Å². The Kier molecular flexibility index (Phi) is 5.48. The van der Waals surface area contributed by atoms with Gasteiger partial charge in [-0.3, -0.25) is 9.69 Å². The molecule has 3 rings (SSSR count). The van der Waals surface area contributed by atoms with Crippen molar-refractivity contribution in [1.82, 2.24) is 9.88 Å². The van der Waals surface area contributed by atoms with E-state index in [0.29, 0.717) is 36.9 Å². The van der Waals surface area contributed by atoms with Gasteiger partial charge in [-0.15, -0.1) is 0 Å². The second-order valence-electron chi connectivity index (χ2n) is 6.33. The van der Waals surface area contributed by atoms with E-state index in [1.807, 2.05) is 13.8 Å². The van der Waals surface area contributed by atoms with Gasteiger partial charge in [-0.25, -0.2) is 9.37 Å². The summed E-state index contributed by atoms with van der Waals surface area (Å²) in [6, 6.07) is 6.44. The van der Waals surface area contributed by atoms with Gasteiger partial charge in [0, 0.05) is 13.1 Å². The summed E-state index contributed by atoms with van der Waals surface area (Å²) < 4.78 is 24.7. The third kappa shape index (κ3) is 4.07. The minimum absolute atomic E-state index is 0.0908. The van der Waals surface area contributed by atoms with Gasteiger partial charge in [-0.2, -0.15) is 0 Å². The zero-order valence-corrected chi connectivity index (χ0v) is 14.6. The Hall–Kier alpha value is -2.21. The number of carbonyl (C=O) groups is 1. The first kappa shape index (κ1) is 17.6. The van der Waals surface area contributed by atoms with Crippen LogP contribution in [0.25, 0.3) is 11.5 Å². The SMILES string of the molecule is CCOC(=O)C1CCCN(Cc2nc(-c3ccccc3F)oc2C)C1. The number of hydrogen-bond acceptors (Lipinski definition) is 5. The van der Waals surface area contributed by atoms with Crippen LogP contribution in [-0.4, -0.2) is 35.5 Å². The summed E-state index contributed by atoms with van der Waals surface area (Å²) in [5.74, 6) is 0.403. The van der Waals surface area contributed by atoms with E-state index in [9.17, 15) is 9.18 Å². The van der Waals surface area contributed by atoms with Crippen molar-refractivity contribution < 1.29 is 18.3 Å². The van der Waals surface area contributed by atoms with Crippen LogP contribution in [0.2, 0.25) is 0 Å². The molecule has 2 aromatic rings. The van der Waals surface area contributed by atoms with E-state index in [4.69, 9.17) is 9.15 Å². The van der Waals surface area contributed by atoms with Crippen LogP contribution in [0.4, 0.5) is 4.39 Å². The molecule has 25 heavy (non-hydrogen) atoms. The van der Waals surface area contributed by atoms with Gasteiger partial charge in [-0.1, -0.05) is 12.1 Å². The number of aromatic nitrogens is 1.